The van der Waals surface area contributed by atoms with Gasteiger partial charge in [0.2, 0.25) is 0 Å². The third-order valence-electron chi connectivity index (χ3n) is 3.75. The van der Waals surface area contributed by atoms with Crippen molar-refractivity contribution < 1.29 is 13.2 Å². The zero-order valence-corrected chi connectivity index (χ0v) is 14.1. The highest BCUT2D eigenvalue weighted by atomic mass is 19.4. The summed E-state index contributed by atoms with van der Waals surface area (Å²) in [7, 11) is 0. The minimum absolute atomic E-state index is 0.292. The van der Waals surface area contributed by atoms with Crippen molar-refractivity contribution >= 4 is 5.69 Å². The van der Waals surface area contributed by atoms with Gasteiger partial charge in [-0.15, -0.1) is 0 Å². The predicted molar refractivity (Wildman–Crippen MR) is 101 cm³/mol. The lowest BCUT2D eigenvalue weighted by molar-refractivity contribution is -0.137. The van der Waals surface area contributed by atoms with Crippen LogP contribution in [0.25, 0.3) is 0 Å². The zero-order valence-electron chi connectivity index (χ0n) is 14.1. The van der Waals surface area contributed by atoms with Crippen LogP contribution in [0, 0.1) is 23.7 Å². The average molecular weight is 361 g/mol. The number of para-hydroxylation sites is 1. The normalized spacial score (nSPS) is 10.3. The van der Waals surface area contributed by atoms with Crippen molar-refractivity contribution in [1.29, 1.82) is 0 Å². The fourth-order valence-corrected chi connectivity index (χ4v) is 2.36. The number of anilines is 1. The molecule has 0 bridgehead atoms. The second-order valence-electron chi connectivity index (χ2n) is 5.71. The Labute approximate surface area is 155 Å². The average Bonchev–Trinajstić information content (AvgIpc) is 2.66. The van der Waals surface area contributed by atoms with Gasteiger partial charge in [-0.1, -0.05) is 54.0 Å². The van der Waals surface area contributed by atoms with Gasteiger partial charge < -0.3 is 5.73 Å². The summed E-state index contributed by atoms with van der Waals surface area (Å²) in [6.45, 7) is 0. The molecule has 0 spiro atoms. The first kappa shape index (κ1) is 18.2. The topological polar surface area (TPSA) is 26.0 Å². The van der Waals surface area contributed by atoms with Crippen molar-refractivity contribution in [3.05, 3.63) is 101 Å². The largest absolute Gasteiger partial charge is 0.416 e. The van der Waals surface area contributed by atoms with Crippen LogP contribution in [0.3, 0.4) is 0 Å². The van der Waals surface area contributed by atoms with Gasteiger partial charge in [-0.2, -0.15) is 13.2 Å². The Balaban J connectivity index is 1.93. The Morgan fingerprint density at radius 1 is 0.630 bits per heavy atom. The summed E-state index contributed by atoms with van der Waals surface area (Å²) in [5.41, 5.74) is 8.06. The molecule has 0 aliphatic rings. The summed E-state index contributed by atoms with van der Waals surface area (Å²) in [6.07, 6.45) is -4.39. The van der Waals surface area contributed by atoms with Crippen LogP contribution >= 0.6 is 0 Å². The number of halogens is 3. The lowest BCUT2D eigenvalue weighted by Crippen LogP contribution is -2.04. The molecule has 0 radical (unpaired) electrons. The van der Waals surface area contributed by atoms with E-state index in [-0.39, 0.29) is 0 Å². The summed E-state index contributed by atoms with van der Waals surface area (Å²) >= 11 is 0. The second kappa shape index (κ2) is 7.72. The maximum Gasteiger partial charge on any atom is 0.416 e. The number of alkyl halides is 3. The first-order valence-electron chi connectivity index (χ1n) is 8.08. The predicted octanol–water partition coefficient (Wildman–Crippen LogP) is 5.09. The zero-order chi connectivity index (χ0) is 19.3. The van der Waals surface area contributed by atoms with Gasteiger partial charge in [-0.25, -0.2) is 0 Å². The molecule has 3 aromatic rings. The summed E-state index contributed by atoms with van der Waals surface area (Å²) in [5, 5.41) is 0. The van der Waals surface area contributed by atoms with Crippen molar-refractivity contribution in [1.82, 2.24) is 0 Å². The molecule has 0 atom stereocenters. The van der Waals surface area contributed by atoms with Crippen LogP contribution in [-0.4, -0.2) is 0 Å². The van der Waals surface area contributed by atoms with E-state index in [1.807, 2.05) is 30.3 Å². The quantitative estimate of drug-likeness (QED) is 0.438. The van der Waals surface area contributed by atoms with Crippen molar-refractivity contribution in [2.45, 2.75) is 6.18 Å². The van der Waals surface area contributed by atoms with Gasteiger partial charge in [-0.05, 0) is 42.5 Å². The number of rotatable bonds is 0. The standard InChI is InChI=1S/C23H14F3N/c24-23(25,26)21-10-5-6-17(16-21)12-13-18-7-1-2-8-19(18)14-15-20-9-3-4-11-22(20)27/h1-11,16H,27H2. The molecule has 0 heterocycles. The summed E-state index contributed by atoms with van der Waals surface area (Å²) in [4.78, 5) is 0. The number of nitrogens with two attached hydrogens (primary N) is 1. The highest BCUT2D eigenvalue weighted by Gasteiger charge is 2.30. The van der Waals surface area contributed by atoms with E-state index in [0.717, 1.165) is 12.1 Å². The molecule has 0 amide bonds. The smallest absolute Gasteiger partial charge is 0.398 e. The van der Waals surface area contributed by atoms with E-state index < -0.39 is 11.7 Å². The Hall–Kier alpha value is -3.63. The number of nitrogen functional groups attached to an aromatic ring is 1. The Morgan fingerprint density at radius 2 is 1.19 bits per heavy atom. The van der Waals surface area contributed by atoms with Crippen molar-refractivity contribution in [2.24, 2.45) is 0 Å². The molecule has 2 N–H and O–H groups in total. The van der Waals surface area contributed by atoms with E-state index in [1.165, 1.54) is 6.07 Å². The second-order valence-corrected chi connectivity index (χ2v) is 5.71. The molecule has 0 saturated heterocycles. The van der Waals surface area contributed by atoms with Gasteiger partial charge >= 0.3 is 6.18 Å². The van der Waals surface area contributed by atoms with Crippen molar-refractivity contribution in [3.8, 4) is 23.7 Å². The van der Waals surface area contributed by atoms with Gasteiger partial charge in [0.15, 0.2) is 0 Å². The fourth-order valence-electron chi connectivity index (χ4n) is 2.36. The lowest BCUT2D eigenvalue weighted by Gasteiger charge is -2.05. The molecule has 1 nitrogen and oxygen atoms in total. The molecular weight excluding hydrogens is 347 g/mol. The molecule has 0 unspecified atom stereocenters. The van der Waals surface area contributed by atoms with Crippen LogP contribution in [-0.2, 0) is 6.18 Å². The van der Waals surface area contributed by atoms with Gasteiger partial charge in [0.05, 0.1) is 5.56 Å². The molecule has 3 aromatic carbocycles. The molecule has 0 aromatic heterocycles. The third-order valence-corrected chi connectivity index (χ3v) is 3.75. The van der Waals surface area contributed by atoms with Gasteiger partial charge in [0, 0.05) is 27.9 Å². The highest BCUT2D eigenvalue weighted by molar-refractivity contribution is 5.59. The Morgan fingerprint density at radius 3 is 1.81 bits per heavy atom. The summed E-state index contributed by atoms with van der Waals surface area (Å²) in [5.74, 6) is 11.7. The van der Waals surface area contributed by atoms with E-state index in [0.29, 0.717) is 27.9 Å². The minimum atomic E-state index is -4.39. The monoisotopic (exact) mass is 361 g/mol. The summed E-state index contributed by atoms with van der Waals surface area (Å²) < 4.78 is 38.4. The van der Waals surface area contributed by atoms with E-state index in [4.69, 9.17) is 5.73 Å². The van der Waals surface area contributed by atoms with Crippen molar-refractivity contribution in [2.75, 3.05) is 5.73 Å². The third kappa shape index (κ3) is 4.71. The molecule has 132 valence electrons. The van der Waals surface area contributed by atoms with Crippen LogP contribution in [0.2, 0.25) is 0 Å². The van der Waals surface area contributed by atoms with E-state index in [9.17, 15) is 13.2 Å². The lowest BCUT2D eigenvalue weighted by atomic mass is 10.1. The molecule has 0 saturated carbocycles. The van der Waals surface area contributed by atoms with Crippen LogP contribution in [0.5, 0.6) is 0 Å². The van der Waals surface area contributed by atoms with Crippen LogP contribution in [0.15, 0.2) is 72.8 Å². The van der Waals surface area contributed by atoms with Crippen LogP contribution in [0.1, 0.15) is 27.8 Å². The van der Waals surface area contributed by atoms with E-state index in [2.05, 4.69) is 23.7 Å². The first-order chi connectivity index (χ1) is 12.9. The number of benzene rings is 3. The molecule has 0 aliphatic carbocycles. The summed E-state index contributed by atoms with van der Waals surface area (Å²) in [6, 6.07) is 19.4. The Kier molecular flexibility index (Phi) is 5.20. The van der Waals surface area contributed by atoms with Gasteiger partial charge in [0.1, 0.15) is 0 Å². The first-order valence-corrected chi connectivity index (χ1v) is 8.08. The van der Waals surface area contributed by atoms with E-state index in [1.54, 1.807) is 24.3 Å². The van der Waals surface area contributed by atoms with Crippen LogP contribution in [0.4, 0.5) is 18.9 Å². The fraction of sp³-hybridized carbons (Fsp3) is 0.0435. The molecular formula is C23H14F3N. The number of hydrogen-bond acceptors (Lipinski definition) is 1. The highest BCUT2D eigenvalue weighted by Crippen LogP contribution is 2.29. The minimum Gasteiger partial charge on any atom is -0.398 e. The molecule has 4 heteroatoms. The maximum absolute atomic E-state index is 12.8. The van der Waals surface area contributed by atoms with Gasteiger partial charge in [-0.3, -0.25) is 0 Å². The van der Waals surface area contributed by atoms with Crippen LogP contribution < -0.4 is 5.73 Å². The Bertz CT molecular complexity index is 1090. The maximum atomic E-state index is 12.8. The molecule has 27 heavy (non-hydrogen) atoms. The molecule has 0 fully saturated rings. The number of hydrogen-bond donors (Lipinski definition) is 1. The molecule has 3 rings (SSSR count). The molecule has 0 aliphatic heterocycles. The van der Waals surface area contributed by atoms with Gasteiger partial charge in [0.25, 0.3) is 0 Å². The van der Waals surface area contributed by atoms with Crippen molar-refractivity contribution in [3.63, 3.8) is 0 Å². The SMILES string of the molecule is Nc1ccccc1C#Cc1ccccc1C#Cc1cccc(C(F)(F)F)c1. The van der Waals surface area contributed by atoms with E-state index >= 15 is 0 Å².